The van der Waals surface area contributed by atoms with Crippen LogP contribution in [0.2, 0.25) is 0 Å². The molecule has 1 fully saturated rings. The maximum Gasteiger partial charge on any atom is 0.186 e. The minimum Gasteiger partial charge on any atom is -0.364 e. The highest BCUT2D eigenvalue weighted by Crippen LogP contribution is 2.35. The lowest BCUT2D eigenvalue weighted by atomic mass is 10.1. The van der Waals surface area contributed by atoms with Crippen molar-refractivity contribution in [1.29, 1.82) is 0 Å². The summed E-state index contributed by atoms with van der Waals surface area (Å²) in [6, 6.07) is 15.7. The summed E-state index contributed by atoms with van der Waals surface area (Å²) in [5.74, 6) is 0.791. The van der Waals surface area contributed by atoms with Gasteiger partial charge in [0, 0.05) is 62.7 Å². The summed E-state index contributed by atoms with van der Waals surface area (Å²) in [7, 11) is 1.99. The first kappa shape index (κ1) is 24.5. The monoisotopic (exact) mass is 515 g/mol. The fraction of sp³-hybridized carbons (Fsp3) is 0.321. The Hall–Kier alpha value is -3.86. The van der Waals surface area contributed by atoms with Gasteiger partial charge in [-0.25, -0.2) is 14.4 Å². The van der Waals surface area contributed by atoms with E-state index < -0.39 is 12.5 Å². The second-order valence-electron chi connectivity index (χ2n) is 9.55. The molecule has 0 bridgehead atoms. The van der Waals surface area contributed by atoms with Gasteiger partial charge in [-0.2, -0.15) is 9.61 Å². The van der Waals surface area contributed by atoms with Crippen molar-refractivity contribution in [2.24, 2.45) is 0 Å². The number of pyridine rings is 1. The maximum atomic E-state index is 14.8. The number of aliphatic hydroxyl groups is 1. The van der Waals surface area contributed by atoms with E-state index in [1.165, 1.54) is 0 Å². The zero-order chi connectivity index (χ0) is 26.2. The SMILES string of the molecule is CCOC(O)c1cnn2c(N(C)Cc3ccccc3)cc(-c3cn(C4CNC[C@@H]4F)c4ncccc34)nc12. The zero-order valence-electron chi connectivity index (χ0n) is 21.3. The number of nitrogens with zero attached hydrogens (tertiary/aromatic N) is 6. The molecule has 1 aliphatic heterocycles. The molecule has 10 heteroatoms. The van der Waals surface area contributed by atoms with Crippen LogP contribution < -0.4 is 10.2 Å². The molecular weight excluding hydrogens is 485 g/mol. The van der Waals surface area contributed by atoms with Crippen molar-refractivity contribution in [1.82, 2.24) is 29.5 Å². The van der Waals surface area contributed by atoms with Gasteiger partial charge in [0.2, 0.25) is 0 Å². The van der Waals surface area contributed by atoms with E-state index in [9.17, 15) is 9.50 Å². The van der Waals surface area contributed by atoms with Gasteiger partial charge in [0.1, 0.15) is 17.6 Å². The van der Waals surface area contributed by atoms with Gasteiger partial charge in [-0.15, -0.1) is 0 Å². The number of ether oxygens (including phenoxy) is 1. The summed E-state index contributed by atoms with van der Waals surface area (Å²) < 4.78 is 23.9. The molecule has 9 nitrogen and oxygen atoms in total. The van der Waals surface area contributed by atoms with Crippen LogP contribution in [0.5, 0.6) is 0 Å². The first-order chi connectivity index (χ1) is 18.5. The predicted octanol–water partition coefficient (Wildman–Crippen LogP) is 3.89. The number of benzene rings is 1. The first-order valence-electron chi connectivity index (χ1n) is 12.8. The molecule has 0 spiro atoms. The molecule has 6 rings (SSSR count). The topological polar surface area (TPSA) is 92.7 Å². The van der Waals surface area contributed by atoms with E-state index in [1.54, 1.807) is 16.9 Å². The third-order valence-electron chi connectivity index (χ3n) is 7.06. The summed E-state index contributed by atoms with van der Waals surface area (Å²) in [6.07, 6.45) is 3.09. The predicted molar refractivity (Wildman–Crippen MR) is 144 cm³/mol. The molecule has 196 valence electrons. The second kappa shape index (κ2) is 10.1. The molecule has 5 aromatic rings. The molecule has 0 aliphatic carbocycles. The number of hydrogen-bond acceptors (Lipinski definition) is 7. The molecule has 0 saturated carbocycles. The van der Waals surface area contributed by atoms with E-state index in [4.69, 9.17) is 9.72 Å². The van der Waals surface area contributed by atoms with Crippen LogP contribution in [0.3, 0.4) is 0 Å². The summed E-state index contributed by atoms with van der Waals surface area (Å²) in [5, 5.41) is 19.3. The normalized spacial score (nSPS) is 18.4. The molecular formula is C28H30FN7O2. The van der Waals surface area contributed by atoms with Crippen molar-refractivity contribution in [3.63, 3.8) is 0 Å². The van der Waals surface area contributed by atoms with Gasteiger partial charge >= 0.3 is 0 Å². The van der Waals surface area contributed by atoms with Gasteiger partial charge < -0.3 is 24.6 Å². The van der Waals surface area contributed by atoms with Gasteiger partial charge in [0.25, 0.3) is 0 Å². The quantitative estimate of drug-likeness (QED) is 0.303. The maximum absolute atomic E-state index is 14.8. The third kappa shape index (κ3) is 4.30. The van der Waals surface area contributed by atoms with Crippen molar-refractivity contribution < 1.29 is 14.2 Å². The fourth-order valence-corrected chi connectivity index (χ4v) is 5.18. The molecule has 3 atom stereocenters. The lowest BCUT2D eigenvalue weighted by Crippen LogP contribution is -2.20. The average molecular weight is 516 g/mol. The molecule has 2 unspecified atom stereocenters. The number of aromatic nitrogens is 5. The Bertz CT molecular complexity index is 1570. The van der Waals surface area contributed by atoms with Gasteiger partial charge in [-0.3, -0.25) is 0 Å². The van der Waals surface area contributed by atoms with Crippen LogP contribution in [0.15, 0.2) is 67.1 Å². The van der Waals surface area contributed by atoms with E-state index in [1.807, 2.05) is 61.1 Å². The van der Waals surface area contributed by atoms with E-state index in [-0.39, 0.29) is 6.04 Å². The standard InChI is InChI=1S/C28H30FN7O2/c1-3-38-28(37)20-13-32-36-25(34(2)16-18-8-5-4-6-9-18)12-23(33-27(20)36)21-17-35(24-15-30-14-22(24)29)26-19(21)10-7-11-31-26/h4-13,17,22,24,28,30,37H,3,14-16H2,1-2H3/t22-,24?,28?/m0/s1. The Morgan fingerprint density at radius 1 is 1.18 bits per heavy atom. The largest absolute Gasteiger partial charge is 0.364 e. The first-order valence-corrected chi connectivity index (χ1v) is 12.8. The van der Waals surface area contributed by atoms with Crippen LogP contribution in [0, 0.1) is 0 Å². The summed E-state index contributed by atoms with van der Waals surface area (Å²) >= 11 is 0. The molecule has 5 heterocycles. The highest BCUT2D eigenvalue weighted by molar-refractivity contribution is 5.94. The number of rotatable bonds is 8. The van der Waals surface area contributed by atoms with Gasteiger partial charge in [0.05, 0.1) is 23.5 Å². The van der Waals surface area contributed by atoms with E-state index in [0.29, 0.717) is 48.8 Å². The number of aliphatic hydroxyl groups excluding tert-OH is 1. The molecule has 1 saturated heterocycles. The Balaban J connectivity index is 1.53. The number of hydrogen-bond donors (Lipinski definition) is 2. The molecule has 2 N–H and O–H groups in total. The van der Waals surface area contributed by atoms with Crippen LogP contribution in [-0.2, 0) is 11.3 Å². The summed E-state index contributed by atoms with van der Waals surface area (Å²) in [6.45, 7) is 3.66. The Labute approximate surface area is 219 Å². The number of fused-ring (bicyclic) bond motifs is 2. The number of alkyl halides is 1. The van der Waals surface area contributed by atoms with Crippen LogP contribution >= 0.6 is 0 Å². The lowest BCUT2D eigenvalue weighted by Gasteiger charge is -2.21. The van der Waals surface area contributed by atoms with Crippen LogP contribution in [0.1, 0.15) is 30.4 Å². The van der Waals surface area contributed by atoms with Gasteiger partial charge in [-0.1, -0.05) is 30.3 Å². The molecule has 0 amide bonds. The molecule has 1 aliphatic rings. The molecule has 4 aromatic heterocycles. The third-order valence-corrected chi connectivity index (χ3v) is 7.06. The van der Waals surface area contributed by atoms with Crippen LogP contribution in [-0.4, -0.2) is 62.2 Å². The van der Waals surface area contributed by atoms with E-state index in [0.717, 1.165) is 22.3 Å². The number of nitrogens with one attached hydrogen (secondary N) is 1. The number of halogens is 1. The Morgan fingerprint density at radius 3 is 2.79 bits per heavy atom. The van der Waals surface area contributed by atoms with Gasteiger partial charge in [0.15, 0.2) is 11.9 Å². The Kier molecular flexibility index (Phi) is 6.52. The highest BCUT2D eigenvalue weighted by atomic mass is 19.1. The summed E-state index contributed by atoms with van der Waals surface area (Å²) in [4.78, 5) is 11.6. The van der Waals surface area contributed by atoms with E-state index in [2.05, 4.69) is 32.4 Å². The second-order valence-corrected chi connectivity index (χ2v) is 9.55. The fourth-order valence-electron chi connectivity index (χ4n) is 5.18. The minimum atomic E-state index is -1.16. The summed E-state index contributed by atoms with van der Waals surface area (Å²) in [5.41, 5.74) is 4.34. The van der Waals surface area contributed by atoms with Crippen molar-refractivity contribution in [3.05, 3.63) is 78.2 Å². The van der Waals surface area contributed by atoms with Crippen molar-refractivity contribution in [3.8, 4) is 11.3 Å². The van der Waals surface area contributed by atoms with Crippen molar-refractivity contribution in [2.75, 3.05) is 31.6 Å². The lowest BCUT2D eigenvalue weighted by molar-refractivity contribution is -0.0971. The molecule has 0 radical (unpaired) electrons. The zero-order valence-corrected chi connectivity index (χ0v) is 21.3. The Morgan fingerprint density at radius 2 is 2.03 bits per heavy atom. The number of anilines is 1. The smallest absolute Gasteiger partial charge is 0.186 e. The molecule has 38 heavy (non-hydrogen) atoms. The highest BCUT2D eigenvalue weighted by Gasteiger charge is 2.31. The van der Waals surface area contributed by atoms with Crippen molar-refractivity contribution >= 4 is 22.5 Å². The van der Waals surface area contributed by atoms with Gasteiger partial charge in [-0.05, 0) is 24.6 Å². The van der Waals surface area contributed by atoms with Crippen molar-refractivity contribution in [2.45, 2.75) is 32.0 Å². The average Bonchev–Trinajstić information content (AvgIpc) is 3.65. The minimum absolute atomic E-state index is 0.319. The van der Waals surface area contributed by atoms with Crippen LogP contribution in [0.4, 0.5) is 10.2 Å². The van der Waals surface area contributed by atoms with Crippen LogP contribution in [0.25, 0.3) is 27.9 Å². The van der Waals surface area contributed by atoms with E-state index >= 15 is 0 Å². The molecule has 1 aromatic carbocycles.